The molecule has 1 unspecified atom stereocenters. The number of amides is 2. The van der Waals surface area contributed by atoms with Crippen molar-refractivity contribution >= 4 is 39.9 Å². The zero-order chi connectivity index (χ0) is 21.2. The van der Waals surface area contributed by atoms with Crippen LogP contribution in [0.25, 0.3) is 22.4 Å². The van der Waals surface area contributed by atoms with Gasteiger partial charge in [0.2, 0.25) is 11.8 Å². The monoisotopic (exact) mass is 430 g/mol. The van der Waals surface area contributed by atoms with Gasteiger partial charge in [-0.3, -0.25) is 9.59 Å². The fraction of sp³-hybridized carbons (Fsp3) is 0.208. The number of anilines is 1. The normalized spacial score (nSPS) is 16.0. The highest BCUT2D eigenvalue weighted by Gasteiger charge is 2.34. The van der Waals surface area contributed by atoms with E-state index in [1.807, 2.05) is 66.0 Å². The number of fused-ring (bicyclic) bond motifs is 1. The minimum atomic E-state index is -0.414. The van der Waals surface area contributed by atoms with Crippen LogP contribution in [0.3, 0.4) is 0 Å². The van der Waals surface area contributed by atoms with E-state index in [4.69, 9.17) is 0 Å². The van der Waals surface area contributed by atoms with Crippen molar-refractivity contribution in [2.45, 2.75) is 25.3 Å². The van der Waals surface area contributed by atoms with E-state index in [0.29, 0.717) is 25.1 Å². The van der Waals surface area contributed by atoms with Gasteiger partial charge in [-0.1, -0.05) is 18.2 Å². The van der Waals surface area contributed by atoms with Gasteiger partial charge in [0.25, 0.3) is 0 Å². The average molecular weight is 431 g/mol. The van der Waals surface area contributed by atoms with Crippen LogP contribution in [0.15, 0.2) is 66.0 Å². The Morgan fingerprint density at radius 1 is 1.10 bits per heavy atom. The van der Waals surface area contributed by atoms with Crippen LogP contribution in [-0.2, 0) is 16.0 Å². The van der Waals surface area contributed by atoms with Gasteiger partial charge in [0.05, 0.1) is 17.5 Å². The van der Waals surface area contributed by atoms with Crippen LogP contribution < -0.4 is 5.32 Å². The van der Waals surface area contributed by atoms with Crippen molar-refractivity contribution < 1.29 is 9.59 Å². The minimum Gasteiger partial charge on any atom is -0.338 e. The first-order valence-electron chi connectivity index (χ1n) is 10.4. The Morgan fingerprint density at radius 2 is 1.94 bits per heavy atom. The Kier molecular flexibility index (Phi) is 5.26. The smallest absolute Gasteiger partial charge is 0.247 e. The predicted octanol–water partition coefficient (Wildman–Crippen LogP) is 4.46. The Morgan fingerprint density at radius 3 is 2.71 bits per heavy atom. The number of nitrogens with one attached hydrogen (secondary N) is 2. The molecule has 1 atom stereocenters. The van der Waals surface area contributed by atoms with E-state index < -0.39 is 6.04 Å². The summed E-state index contributed by atoms with van der Waals surface area (Å²) in [6, 6.07) is 19.0. The number of imidazole rings is 1. The van der Waals surface area contributed by atoms with E-state index in [0.717, 1.165) is 33.7 Å². The SMILES string of the molecule is O=C(Nc1ccc(-c2nc3ccccc3[nH]2)cc1)C1CCCN1C(=O)Cc1cccs1. The Balaban J connectivity index is 1.26. The van der Waals surface area contributed by atoms with Gasteiger partial charge in [-0.05, 0) is 60.7 Å². The van der Waals surface area contributed by atoms with Crippen molar-refractivity contribution in [3.8, 4) is 11.4 Å². The van der Waals surface area contributed by atoms with Crippen molar-refractivity contribution in [3.05, 3.63) is 70.9 Å². The summed E-state index contributed by atoms with van der Waals surface area (Å²) in [5.41, 5.74) is 3.57. The number of hydrogen-bond acceptors (Lipinski definition) is 4. The molecule has 0 aliphatic carbocycles. The van der Waals surface area contributed by atoms with Gasteiger partial charge in [0, 0.05) is 22.7 Å². The molecular formula is C24H22N4O2S. The molecule has 0 saturated carbocycles. The summed E-state index contributed by atoms with van der Waals surface area (Å²) < 4.78 is 0. The van der Waals surface area contributed by atoms with Crippen molar-refractivity contribution in [1.29, 1.82) is 0 Å². The molecule has 0 radical (unpaired) electrons. The molecule has 2 aromatic heterocycles. The molecule has 4 aromatic rings. The number of thiophene rings is 1. The minimum absolute atomic E-state index is 0.0142. The first kappa shape index (κ1) is 19.5. The van der Waals surface area contributed by atoms with E-state index in [2.05, 4.69) is 15.3 Å². The van der Waals surface area contributed by atoms with Gasteiger partial charge < -0.3 is 15.2 Å². The topological polar surface area (TPSA) is 78.1 Å². The van der Waals surface area contributed by atoms with Crippen LogP contribution in [0.1, 0.15) is 17.7 Å². The number of nitrogens with zero attached hydrogens (tertiary/aromatic N) is 2. The maximum absolute atomic E-state index is 12.9. The molecule has 0 bridgehead atoms. The van der Waals surface area contributed by atoms with Gasteiger partial charge in [0.15, 0.2) is 0 Å². The number of likely N-dealkylation sites (tertiary alicyclic amines) is 1. The first-order chi connectivity index (χ1) is 15.2. The van der Waals surface area contributed by atoms with E-state index in [1.165, 1.54) is 0 Å². The van der Waals surface area contributed by atoms with Gasteiger partial charge in [-0.2, -0.15) is 0 Å². The number of rotatable bonds is 5. The number of carbonyl (C=O) groups excluding carboxylic acids is 2. The summed E-state index contributed by atoms with van der Waals surface area (Å²) in [5.74, 6) is 0.675. The number of carbonyl (C=O) groups is 2. The van der Waals surface area contributed by atoms with Crippen molar-refractivity contribution in [2.75, 3.05) is 11.9 Å². The first-order valence-corrected chi connectivity index (χ1v) is 11.2. The largest absolute Gasteiger partial charge is 0.338 e. The molecule has 5 rings (SSSR count). The lowest BCUT2D eigenvalue weighted by Crippen LogP contribution is -2.43. The molecule has 1 saturated heterocycles. The average Bonchev–Trinajstić information content (AvgIpc) is 3.54. The van der Waals surface area contributed by atoms with Gasteiger partial charge in [0.1, 0.15) is 11.9 Å². The fourth-order valence-electron chi connectivity index (χ4n) is 4.03. The summed E-state index contributed by atoms with van der Waals surface area (Å²) in [6.45, 7) is 0.632. The maximum Gasteiger partial charge on any atom is 0.247 e. The van der Waals surface area contributed by atoms with Crippen LogP contribution >= 0.6 is 11.3 Å². The lowest BCUT2D eigenvalue weighted by Gasteiger charge is -2.24. The number of aromatic amines is 1. The molecule has 156 valence electrons. The van der Waals surface area contributed by atoms with Gasteiger partial charge in [-0.25, -0.2) is 4.98 Å². The predicted molar refractivity (Wildman–Crippen MR) is 123 cm³/mol. The Labute approximate surface area is 183 Å². The molecule has 7 heteroatoms. The number of H-pyrrole nitrogens is 1. The van der Waals surface area contributed by atoms with Crippen LogP contribution in [0.4, 0.5) is 5.69 Å². The highest BCUT2D eigenvalue weighted by atomic mass is 32.1. The summed E-state index contributed by atoms with van der Waals surface area (Å²) >= 11 is 1.57. The molecule has 6 nitrogen and oxygen atoms in total. The summed E-state index contributed by atoms with van der Waals surface area (Å²) in [6.07, 6.45) is 1.89. The van der Waals surface area contributed by atoms with Crippen molar-refractivity contribution in [3.63, 3.8) is 0 Å². The third-order valence-electron chi connectivity index (χ3n) is 5.60. The highest BCUT2D eigenvalue weighted by molar-refractivity contribution is 7.10. The molecule has 1 aliphatic heterocycles. The molecule has 2 amide bonds. The summed E-state index contributed by atoms with van der Waals surface area (Å²) in [5, 5.41) is 4.94. The second-order valence-corrected chi connectivity index (χ2v) is 8.70. The molecule has 2 N–H and O–H groups in total. The Bertz CT molecular complexity index is 1180. The fourth-order valence-corrected chi connectivity index (χ4v) is 4.72. The number of benzene rings is 2. The molecule has 1 aliphatic rings. The van der Waals surface area contributed by atoms with E-state index in [9.17, 15) is 9.59 Å². The summed E-state index contributed by atoms with van der Waals surface area (Å²) in [4.78, 5) is 36.2. The standard InChI is InChI=1S/C24H22N4O2S/c29-22(15-18-5-4-14-31-18)28-13-3-8-21(28)24(30)25-17-11-9-16(10-12-17)23-26-19-6-1-2-7-20(19)27-23/h1-2,4-7,9-12,14,21H,3,8,13,15H2,(H,25,30)(H,26,27). The second kappa shape index (κ2) is 8.35. The highest BCUT2D eigenvalue weighted by Crippen LogP contribution is 2.24. The second-order valence-electron chi connectivity index (χ2n) is 7.67. The quantitative estimate of drug-likeness (QED) is 0.491. The third kappa shape index (κ3) is 4.09. The molecular weight excluding hydrogens is 408 g/mol. The zero-order valence-electron chi connectivity index (χ0n) is 16.9. The maximum atomic E-state index is 12.9. The van der Waals surface area contributed by atoms with Crippen LogP contribution in [0, 0.1) is 0 Å². The zero-order valence-corrected chi connectivity index (χ0v) is 17.7. The van der Waals surface area contributed by atoms with Crippen LogP contribution in [0.5, 0.6) is 0 Å². The van der Waals surface area contributed by atoms with E-state index in [-0.39, 0.29) is 11.8 Å². The molecule has 1 fully saturated rings. The van der Waals surface area contributed by atoms with Gasteiger partial charge >= 0.3 is 0 Å². The lowest BCUT2D eigenvalue weighted by molar-refractivity contribution is -0.136. The van der Waals surface area contributed by atoms with Crippen molar-refractivity contribution in [1.82, 2.24) is 14.9 Å². The lowest BCUT2D eigenvalue weighted by atomic mass is 10.1. The molecule has 3 heterocycles. The van der Waals surface area contributed by atoms with E-state index in [1.54, 1.807) is 16.2 Å². The molecule has 31 heavy (non-hydrogen) atoms. The molecule has 2 aromatic carbocycles. The Hall–Kier alpha value is -3.45. The molecule has 0 spiro atoms. The van der Waals surface area contributed by atoms with E-state index >= 15 is 0 Å². The number of para-hydroxylation sites is 2. The number of aromatic nitrogens is 2. The number of hydrogen-bond donors (Lipinski definition) is 2. The summed E-state index contributed by atoms with van der Waals surface area (Å²) in [7, 11) is 0. The van der Waals surface area contributed by atoms with Crippen LogP contribution in [0.2, 0.25) is 0 Å². The van der Waals surface area contributed by atoms with Crippen molar-refractivity contribution in [2.24, 2.45) is 0 Å². The van der Waals surface area contributed by atoms with Crippen LogP contribution in [-0.4, -0.2) is 39.3 Å². The third-order valence-corrected chi connectivity index (χ3v) is 6.47. The van der Waals surface area contributed by atoms with Gasteiger partial charge in [-0.15, -0.1) is 11.3 Å².